The van der Waals surface area contributed by atoms with Crippen LogP contribution in [-0.2, 0) is 0 Å². The van der Waals surface area contributed by atoms with Gasteiger partial charge >= 0.3 is 0 Å². The summed E-state index contributed by atoms with van der Waals surface area (Å²) in [7, 11) is 0. The largest absolute Gasteiger partial charge is 0.507 e. The van der Waals surface area contributed by atoms with Crippen molar-refractivity contribution in [2.45, 2.75) is 12.8 Å². The lowest BCUT2D eigenvalue weighted by Gasteiger charge is -2.19. The lowest BCUT2D eigenvalue weighted by atomic mass is 10.00. The zero-order valence-electron chi connectivity index (χ0n) is 12.8. The van der Waals surface area contributed by atoms with Crippen molar-refractivity contribution in [2.75, 3.05) is 13.2 Å². The average Bonchev–Trinajstić information content (AvgIpc) is 2.59. The predicted octanol–water partition coefficient (Wildman–Crippen LogP) is 3.15. The summed E-state index contributed by atoms with van der Waals surface area (Å²) in [6.45, 7) is 0.730. The molecular weight excluding hydrogens is 315 g/mol. The number of halogens is 1. The molecule has 0 bridgehead atoms. The first kappa shape index (κ1) is 16.0. The summed E-state index contributed by atoms with van der Waals surface area (Å²) >= 11 is 0. The molecule has 0 aromatic heterocycles. The first-order valence-corrected chi connectivity index (χ1v) is 7.50. The van der Waals surface area contributed by atoms with Crippen LogP contribution in [-0.4, -0.2) is 29.9 Å². The minimum Gasteiger partial charge on any atom is -0.507 e. The second-order valence-electron chi connectivity index (χ2n) is 5.34. The van der Waals surface area contributed by atoms with Crippen molar-refractivity contribution in [1.29, 1.82) is 0 Å². The molecule has 0 unspecified atom stereocenters. The van der Waals surface area contributed by atoms with Gasteiger partial charge in [-0.05, 0) is 18.2 Å². The van der Waals surface area contributed by atoms with Crippen molar-refractivity contribution in [3.05, 3.63) is 53.3 Å². The third-order valence-electron chi connectivity index (χ3n) is 3.71. The number of ether oxygens (including phenoxy) is 2. The van der Waals surface area contributed by atoms with Gasteiger partial charge < -0.3 is 14.6 Å². The van der Waals surface area contributed by atoms with Crippen LogP contribution < -0.4 is 9.47 Å². The number of ketones is 2. The van der Waals surface area contributed by atoms with Crippen LogP contribution in [0.15, 0.2) is 36.4 Å². The summed E-state index contributed by atoms with van der Waals surface area (Å²) in [5, 5.41) is 9.96. The molecule has 0 radical (unpaired) electrons. The normalized spacial score (nSPS) is 12.7. The van der Waals surface area contributed by atoms with Gasteiger partial charge in [0.15, 0.2) is 23.1 Å². The lowest BCUT2D eigenvalue weighted by molar-refractivity contribution is 0.0913. The van der Waals surface area contributed by atoms with Crippen LogP contribution in [0, 0.1) is 5.82 Å². The summed E-state index contributed by atoms with van der Waals surface area (Å²) in [5.74, 6) is -0.979. The van der Waals surface area contributed by atoms with E-state index in [4.69, 9.17) is 9.47 Å². The predicted molar refractivity (Wildman–Crippen MR) is 83.4 cm³/mol. The zero-order valence-corrected chi connectivity index (χ0v) is 12.8. The number of phenols is 1. The molecule has 0 fully saturated rings. The van der Waals surface area contributed by atoms with Crippen molar-refractivity contribution >= 4 is 11.6 Å². The molecule has 0 saturated heterocycles. The van der Waals surface area contributed by atoms with Crippen molar-refractivity contribution in [2.24, 2.45) is 0 Å². The van der Waals surface area contributed by atoms with E-state index in [0.717, 1.165) is 0 Å². The van der Waals surface area contributed by atoms with Crippen LogP contribution in [0.2, 0.25) is 0 Å². The highest BCUT2D eigenvalue weighted by atomic mass is 19.1. The molecule has 2 aromatic rings. The number of benzene rings is 2. The van der Waals surface area contributed by atoms with E-state index in [9.17, 15) is 19.1 Å². The van der Waals surface area contributed by atoms with Crippen molar-refractivity contribution < 1.29 is 28.6 Å². The van der Waals surface area contributed by atoms with Crippen LogP contribution in [0.1, 0.15) is 33.6 Å². The number of Topliss-reactive ketones (excluding diaryl/α,β-unsaturated/α-hetero) is 2. The van der Waals surface area contributed by atoms with E-state index in [1.807, 2.05) is 0 Å². The molecule has 6 heteroatoms. The van der Waals surface area contributed by atoms with Gasteiger partial charge in [-0.1, -0.05) is 12.1 Å². The fraction of sp³-hybridized carbons (Fsp3) is 0.222. The molecule has 0 atom stereocenters. The molecule has 1 heterocycles. The van der Waals surface area contributed by atoms with Crippen molar-refractivity contribution in [3.63, 3.8) is 0 Å². The Hall–Kier alpha value is -2.89. The first-order valence-electron chi connectivity index (χ1n) is 7.50. The Bertz CT molecular complexity index is 800. The number of aromatic hydroxyl groups is 1. The highest BCUT2D eigenvalue weighted by Crippen LogP contribution is 2.36. The third-order valence-corrected chi connectivity index (χ3v) is 3.71. The van der Waals surface area contributed by atoms with Crippen molar-refractivity contribution in [3.8, 4) is 17.2 Å². The van der Waals surface area contributed by atoms with E-state index in [-0.39, 0.29) is 29.7 Å². The van der Waals surface area contributed by atoms with Crippen LogP contribution in [0.25, 0.3) is 0 Å². The summed E-state index contributed by atoms with van der Waals surface area (Å²) in [4.78, 5) is 24.3. The van der Waals surface area contributed by atoms with E-state index in [1.54, 1.807) is 6.07 Å². The molecule has 124 valence electrons. The molecule has 24 heavy (non-hydrogen) atoms. The fourth-order valence-electron chi connectivity index (χ4n) is 2.49. The Labute approximate surface area is 137 Å². The van der Waals surface area contributed by atoms with Gasteiger partial charge in [0, 0.05) is 18.9 Å². The smallest absolute Gasteiger partial charge is 0.167 e. The number of hydrogen-bond donors (Lipinski definition) is 1. The SMILES string of the molecule is O=C(CCC(=O)c1ccccc1F)c1cc2c(cc1O)OCCO2. The molecule has 0 spiro atoms. The molecule has 0 saturated carbocycles. The van der Waals surface area contributed by atoms with Crippen LogP contribution >= 0.6 is 0 Å². The van der Waals surface area contributed by atoms with Gasteiger partial charge in [-0.3, -0.25) is 9.59 Å². The summed E-state index contributed by atoms with van der Waals surface area (Å²) in [6.07, 6.45) is -0.284. The maximum absolute atomic E-state index is 13.6. The molecule has 1 aliphatic heterocycles. The Balaban J connectivity index is 1.71. The van der Waals surface area contributed by atoms with E-state index in [1.165, 1.54) is 30.3 Å². The van der Waals surface area contributed by atoms with Crippen LogP contribution in [0.5, 0.6) is 17.2 Å². The van der Waals surface area contributed by atoms with Crippen LogP contribution in [0.3, 0.4) is 0 Å². The molecule has 1 aliphatic rings. The second kappa shape index (κ2) is 6.70. The van der Waals surface area contributed by atoms with Gasteiger partial charge in [-0.15, -0.1) is 0 Å². The standard InChI is InChI=1S/C18H15FO5/c19-13-4-2-1-3-11(13)14(20)5-6-15(21)12-9-17-18(10-16(12)22)24-8-7-23-17/h1-4,9-10,22H,5-8H2. The van der Waals surface area contributed by atoms with Crippen molar-refractivity contribution in [1.82, 2.24) is 0 Å². The van der Waals surface area contributed by atoms with Crippen LogP contribution in [0.4, 0.5) is 4.39 Å². The number of rotatable bonds is 5. The molecule has 3 rings (SSSR count). The minimum absolute atomic E-state index is 0.0447. The molecule has 5 nitrogen and oxygen atoms in total. The van der Waals surface area contributed by atoms with Gasteiger partial charge in [-0.25, -0.2) is 4.39 Å². The average molecular weight is 330 g/mol. The number of phenolic OH excluding ortho intramolecular Hbond substituents is 1. The number of carbonyl (C=O) groups excluding carboxylic acids is 2. The molecule has 1 N–H and O–H groups in total. The van der Waals surface area contributed by atoms with E-state index < -0.39 is 17.4 Å². The maximum atomic E-state index is 13.6. The Morgan fingerprint density at radius 3 is 2.21 bits per heavy atom. The minimum atomic E-state index is -0.614. The van der Waals surface area contributed by atoms with Gasteiger partial charge in [0.1, 0.15) is 24.8 Å². The lowest BCUT2D eigenvalue weighted by Crippen LogP contribution is -2.16. The quantitative estimate of drug-likeness (QED) is 0.853. The monoisotopic (exact) mass is 330 g/mol. The number of carbonyl (C=O) groups is 2. The summed E-state index contributed by atoms with van der Waals surface area (Å²) in [6, 6.07) is 8.35. The first-order chi connectivity index (χ1) is 11.6. The summed E-state index contributed by atoms with van der Waals surface area (Å²) in [5.41, 5.74) is 0.0114. The van der Waals surface area contributed by atoms with E-state index in [2.05, 4.69) is 0 Å². The zero-order chi connectivity index (χ0) is 17.1. The maximum Gasteiger partial charge on any atom is 0.167 e. The van der Waals surface area contributed by atoms with Gasteiger partial charge in [-0.2, -0.15) is 0 Å². The number of fused-ring (bicyclic) bond motifs is 1. The molecule has 0 aliphatic carbocycles. The topological polar surface area (TPSA) is 72.8 Å². The fourth-order valence-corrected chi connectivity index (χ4v) is 2.49. The Morgan fingerprint density at radius 1 is 0.958 bits per heavy atom. The second-order valence-corrected chi connectivity index (χ2v) is 5.34. The third kappa shape index (κ3) is 3.22. The Kier molecular flexibility index (Phi) is 4.46. The molecule has 0 amide bonds. The highest BCUT2D eigenvalue weighted by Gasteiger charge is 2.20. The van der Waals surface area contributed by atoms with E-state index >= 15 is 0 Å². The van der Waals surface area contributed by atoms with Gasteiger partial charge in [0.25, 0.3) is 0 Å². The van der Waals surface area contributed by atoms with Gasteiger partial charge in [0.2, 0.25) is 0 Å². The van der Waals surface area contributed by atoms with Gasteiger partial charge in [0.05, 0.1) is 11.1 Å². The molecule has 2 aromatic carbocycles. The Morgan fingerprint density at radius 2 is 1.54 bits per heavy atom. The highest BCUT2D eigenvalue weighted by molar-refractivity contribution is 6.03. The van der Waals surface area contributed by atoms with E-state index in [0.29, 0.717) is 24.7 Å². The summed E-state index contributed by atoms with van der Waals surface area (Å²) < 4.78 is 24.3. The molecular formula is C18H15FO5. The number of hydrogen-bond acceptors (Lipinski definition) is 5.